The van der Waals surface area contributed by atoms with Crippen molar-refractivity contribution in [1.82, 2.24) is 20.2 Å². The van der Waals surface area contributed by atoms with Crippen molar-refractivity contribution in [2.75, 3.05) is 43.5 Å². The number of nitrogens with one attached hydrogen (secondary N) is 2. The second-order valence-corrected chi connectivity index (χ2v) is 10.7. The number of aryl methyl sites for hydroxylation is 1. The molecule has 0 radical (unpaired) electrons. The topological polar surface area (TPSA) is 152 Å². The van der Waals surface area contributed by atoms with Crippen molar-refractivity contribution >= 4 is 35.2 Å². The van der Waals surface area contributed by atoms with Crippen LogP contribution in [-0.2, 0) is 16.0 Å². The van der Waals surface area contributed by atoms with E-state index in [-0.39, 0.29) is 11.6 Å². The van der Waals surface area contributed by atoms with Crippen LogP contribution in [0.5, 0.6) is 5.75 Å². The Morgan fingerprint density at radius 2 is 1.93 bits per heavy atom. The summed E-state index contributed by atoms with van der Waals surface area (Å²) in [6, 6.07) is 6.58. The number of aromatic nitrogens is 2. The van der Waals surface area contributed by atoms with Crippen LogP contribution in [0, 0.1) is 0 Å². The minimum absolute atomic E-state index is 0.0923. The first-order chi connectivity index (χ1) is 18.9. The lowest BCUT2D eigenvalue weighted by Crippen LogP contribution is -2.47. The van der Waals surface area contributed by atoms with Gasteiger partial charge in [0.2, 0.25) is 5.91 Å². The average molecular weight is 556 g/mol. The molecule has 40 heavy (non-hydrogen) atoms. The van der Waals surface area contributed by atoms with E-state index in [9.17, 15) is 14.4 Å². The van der Waals surface area contributed by atoms with Crippen LogP contribution in [0.4, 0.5) is 22.1 Å². The lowest BCUT2D eigenvalue weighted by atomic mass is 10.2. The summed E-state index contributed by atoms with van der Waals surface area (Å²) >= 11 is 0. The van der Waals surface area contributed by atoms with Gasteiger partial charge >= 0.3 is 6.09 Å². The summed E-state index contributed by atoms with van der Waals surface area (Å²) in [7, 11) is 1.53. The van der Waals surface area contributed by atoms with E-state index in [0.29, 0.717) is 43.2 Å². The zero-order valence-electron chi connectivity index (χ0n) is 24.2. The van der Waals surface area contributed by atoms with Gasteiger partial charge < -0.3 is 30.7 Å². The number of primary amides is 1. The molecule has 2 heterocycles. The standard InChI is InChI=1S/C28H41N7O5/c1-7-21-25(35-14-10-15-35)33-24(22(32-21)23(29)36)31-19-11-8-12-20(17-19)39-16-9-13-30-26(37)18(2)34(6)27(38)40-28(3,4)5/h8,11-12,17-18H,7,9-10,13-16H2,1-6H3,(H2,29,36)(H,30,37)(H,31,33)/t18-/m0/s1. The number of rotatable bonds is 12. The summed E-state index contributed by atoms with van der Waals surface area (Å²) in [5.74, 6) is 0.744. The van der Waals surface area contributed by atoms with E-state index in [4.69, 9.17) is 20.2 Å². The molecule has 2 aromatic rings. The van der Waals surface area contributed by atoms with E-state index in [0.717, 1.165) is 31.0 Å². The second kappa shape index (κ2) is 13.3. The van der Waals surface area contributed by atoms with Gasteiger partial charge in [-0.25, -0.2) is 14.8 Å². The Kier molecular flexibility index (Phi) is 10.1. The van der Waals surface area contributed by atoms with Crippen LogP contribution >= 0.6 is 0 Å². The van der Waals surface area contributed by atoms with Crippen LogP contribution < -0.4 is 26.0 Å². The Bertz CT molecular complexity index is 1210. The first kappa shape index (κ1) is 30.5. The summed E-state index contributed by atoms with van der Waals surface area (Å²) in [4.78, 5) is 49.4. The Hall–Kier alpha value is -4.09. The fraction of sp³-hybridized carbons (Fsp3) is 0.536. The third-order valence-corrected chi connectivity index (χ3v) is 6.30. The smallest absolute Gasteiger partial charge is 0.410 e. The van der Waals surface area contributed by atoms with Crippen LogP contribution in [0.2, 0.25) is 0 Å². The van der Waals surface area contributed by atoms with Gasteiger partial charge in [0.25, 0.3) is 5.91 Å². The largest absolute Gasteiger partial charge is 0.493 e. The summed E-state index contributed by atoms with van der Waals surface area (Å²) < 4.78 is 11.2. The van der Waals surface area contributed by atoms with E-state index in [1.165, 1.54) is 11.9 Å². The molecule has 4 N–H and O–H groups in total. The Morgan fingerprint density at radius 1 is 1.20 bits per heavy atom. The molecule has 1 fully saturated rings. The Morgan fingerprint density at radius 3 is 2.52 bits per heavy atom. The molecule has 1 atom stereocenters. The molecule has 1 aromatic carbocycles. The first-order valence-corrected chi connectivity index (χ1v) is 13.6. The van der Waals surface area contributed by atoms with Crippen LogP contribution in [0.15, 0.2) is 24.3 Å². The number of nitrogens with zero attached hydrogens (tertiary/aromatic N) is 4. The number of amides is 3. The molecule has 218 valence electrons. The molecule has 12 nitrogen and oxygen atoms in total. The molecule has 0 aliphatic carbocycles. The van der Waals surface area contributed by atoms with Gasteiger partial charge in [-0.05, 0) is 59.1 Å². The van der Waals surface area contributed by atoms with E-state index in [1.807, 2.05) is 25.1 Å². The van der Waals surface area contributed by atoms with Crippen molar-refractivity contribution in [3.05, 3.63) is 35.7 Å². The Labute approximate surface area is 235 Å². The van der Waals surface area contributed by atoms with Gasteiger partial charge in [0, 0.05) is 38.4 Å². The fourth-order valence-corrected chi connectivity index (χ4v) is 3.83. The molecule has 1 aromatic heterocycles. The van der Waals surface area contributed by atoms with E-state index >= 15 is 0 Å². The maximum absolute atomic E-state index is 12.5. The highest BCUT2D eigenvalue weighted by atomic mass is 16.6. The number of carbonyl (C=O) groups is 3. The normalized spacial score (nSPS) is 13.6. The van der Waals surface area contributed by atoms with Gasteiger partial charge in [-0.2, -0.15) is 0 Å². The van der Waals surface area contributed by atoms with Gasteiger partial charge in [-0.3, -0.25) is 14.5 Å². The van der Waals surface area contributed by atoms with Crippen molar-refractivity contribution in [1.29, 1.82) is 0 Å². The van der Waals surface area contributed by atoms with Crippen molar-refractivity contribution in [2.45, 2.75) is 65.5 Å². The maximum atomic E-state index is 12.5. The Balaban J connectivity index is 1.53. The van der Waals surface area contributed by atoms with Crippen molar-refractivity contribution in [3.8, 4) is 5.75 Å². The fourth-order valence-electron chi connectivity index (χ4n) is 3.83. The number of anilines is 3. The van der Waals surface area contributed by atoms with Gasteiger partial charge in [0.15, 0.2) is 17.3 Å². The summed E-state index contributed by atoms with van der Waals surface area (Å²) in [6.07, 6.45) is 1.74. The zero-order chi connectivity index (χ0) is 29.4. The number of benzene rings is 1. The molecule has 3 amide bonds. The number of nitrogens with two attached hydrogens (primary N) is 1. The SMILES string of the molecule is CCc1nc(C(N)=O)c(Nc2cccc(OCCCNC(=O)[C@H](C)N(C)C(=O)OC(C)(C)C)c2)nc1N1CCC1. The van der Waals surface area contributed by atoms with E-state index < -0.39 is 23.6 Å². The van der Waals surface area contributed by atoms with Gasteiger partial charge in [-0.15, -0.1) is 0 Å². The van der Waals surface area contributed by atoms with Crippen LogP contribution in [0.1, 0.15) is 63.6 Å². The molecule has 12 heteroatoms. The zero-order valence-corrected chi connectivity index (χ0v) is 24.2. The van der Waals surface area contributed by atoms with Gasteiger partial charge in [0.05, 0.1) is 12.3 Å². The van der Waals surface area contributed by atoms with Gasteiger partial charge in [-0.1, -0.05) is 13.0 Å². The highest BCUT2D eigenvalue weighted by Crippen LogP contribution is 2.28. The predicted molar refractivity (Wildman–Crippen MR) is 153 cm³/mol. The number of likely N-dealkylation sites (N-methyl/N-ethyl adjacent to an activating group) is 1. The van der Waals surface area contributed by atoms with Crippen molar-refractivity contribution in [3.63, 3.8) is 0 Å². The predicted octanol–water partition coefficient (Wildman–Crippen LogP) is 3.23. The monoisotopic (exact) mass is 555 g/mol. The van der Waals surface area contributed by atoms with Crippen LogP contribution in [-0.4, -0.2) is 77.7 Å². The molecule has 0 unspecified atom stereocenters. The molecular formula is C28H41N7O5. The molecule has 1 aliphatic heterocycles. The summed E-state index contributed by atoms with van der Waals surface area (Å²) in [6.45, 7) is 11.5. The van der Waals surface area contributed by atoms with Crippen LogP contribution in [0.3, 0.4) is 0 Å². The quantitative estimate of drug-likeness (QED) is 0.335. The molecule has 0 bridgehead atoms. The van der Waals surface area contributed by atoms with Gasteiger partial charge in [0.1, 0.15) is 17.4 Å². The number of hydrogen-bond acceptors (Lipinski definition) is 9. The average Bonchev–Trinajstić information content (AvgIpc) is 2.85. The highest BCUT2D eigenvalue weighted by molar-refractivity contribution is 5.96. The first-order valence-electron chi connectivity index (χ1n) is 13.6. The van der Waals surface area contributed by atoms with Crippen molar-refractivity contribution < 1.29 is 23.9 Å². The van der Waals surface area contributed by atoms with Crippen molar-refractivity contribution in [2.24, 2.45) is 5.73 Å². The minimum Gasteiger partial charge on any atom is -0.493 e. The molecular weight excluding hydrogens is 514 g/mol. The molecule has 1 aliphatic rings. The molecule has 0 saturated carbocycles. The summed E-state index contributed by atoms with van der Waals surface area (Å²) in [5, 5.41) is 5.99. The number of carbonyl (C=O) groups excluding carboxylic acids is 3. The van der Waals surface area contributed by atoms with E-state index in [2.05, 4.69) is 20.5 Å². The molecule has 3 rings (SSSR count). The number of ether oxygens (including phenoxy) is 2. The third kappa shape index (κ3) is 8.20. The maximum Gasteiger partial charge on any atom is 0.410 e. The molecule has 1 saturated heterocycles. The minimum atomic E-state index is -0.681. The second-order valence-electron chi connectivity index (χ2n) is 10.7. The molecule has 0 spiro atoms. The number of hydrogen-bond donors (Lipinski definition) is 3. The van der Waals surface area contributed by atoms with Crippen LogP contribution in [0.25, 0.3) is 0 Å². The lowest BCUT2D eigenvalue weighted by molar-refractivity contribution is -0.125. The lowest BCUT2D eigenvalue weighted by Gasteiger charge is -2.33. The van der Waals surface area contributed by atoms with E-state index in [1.54, 1.807) is 33.8 Å². The summed E-state index contributed by atoms with van der Waals surface area (Å²) in [5.41, 5.74) is 6.47. The third-order valence-electron chi connectivity index (χ3n) is 6.30. The highest BCUT2D eigenvalue weighted by Gasteiger charge is 2.27.